The minimum Gasteiger partial charge on any atom is -0.462 e. The van der Waals surface area contributed by atoms with Crippen LogP contribution in [0.3, 0.4) is 0 Å². The molecule has 0 amide bonds. The molecule has 0 fully saturated rings. The highest BCUT2D eigenvalue weighted by Crippen LogP contribution is 2.18. The molecule has 5 nitrogen and oxygen atoms in total. The van der Waals surface area contributed by atoms with Crippen LogP contribution in [0.25, 0.3) is 0 Å². The molecule has 1 atom stereocenters. The predicted octanol–water partition coefficient (Wildman–Crippen LogP) is 23.1. The van der Waals surface area contributed by atoms with Gasteiger partial charge in [-0.2, -0.15) is 0 Å². The minimum atomic E-state index is -0.774. The molecule has 0 saturated heterocycles. The van der Waals surface area contributed by atoms with Crippen molar-refractivity contribution in [3.05, 3.63) is 72.9 Å². The van der Waals surface area contributed by atoms with Crippen molar-refractivity contribution < 1.29 is 24.2 Å². The van der Waals surface area contributed by atoms with Crippen molar-refractivity contribution >= 4 is 11.9 Å². The largest absolute Gasteiger partial charge is 0.462 e. The van der Waals surface area contributed by atoms with E-state index in [1.807, 2.05) is 0 Å². The number of aliphatic hydroxyl groups is 1. The number of carbonyl (C=O) groups excluding carboxylic acids is 2. The van der Waals surface area contributed by atoms with Crippen LogP contribution in [0, 0.1) is 0 Å². The van der Waals surface area contributed by atoms with Gasteiger partial charge < -0.3 is 14.6 Å². The van der Waals surface area contributed by atoms with Crippen molar-refractivity contribution in [1.82, 2.24) is 0 Å². The van der Waals surface area contributed by atoms with Crippen molar-refractivity contribution in [2.45, 2.75) is 354 Å². The summed E-state index contributed by atoms with van der Waals surface area (Å²) in [5.41, 5.74) is 0. The topological polar surface area (TPSA) is 72.8 Å². The highest BCUT2D eigenvalue weighted by atomic mass is 16.6. The van der Waals surface area contributed by atoms with Crippen LogP contribution in [-0.4, -0.2) is 36.4 Å². The SMILES string of the molecule is CC/C=C\C/C=C\C/C=C\C/C=C\CCCCCCCCCCCCCCCCC(=O)OC(CO)COC(=O)CCCCCCCCCCCCCCCCCCCCCCCCC/C=C\C/C=C\CCCCCCC. The Hall–Kier alpha value is -2.66. The predicted molar refractivity (Wildman–Crippen MR) is 334 cm³/mol. The Morgan fingerprint density at radius 3 is 0.855 bits per heavy atom. The van der Waals surface area contributed by atoms with Gasteiger partial charge >= 0.3 is 11.9 Å². The Morgan fingerprint density at radius 2 is 0.566 bits per heavy atom. The Balaban J connectivity index is 3.41. The minimum absolute atomic E-state index is 0.0636. The molecule has 0 aromatic heterocycles. The van der Waals surface area contributed by atoms with Crippen LogP contribution in [-0.2, 0) is 19.1 Å². The van der Waals surface area contributed by atoms with Gasteiger partial charge in [0, 0.05) is 12.8 Å². The fourth-order valence-electron chi connectivity index (χ4n) is 9.99. The lowest BCUT2D eigenvalue weighted by molar-refractivity contribution is -0.161. The molecule has 0 aliphatic heterocycles. The zero-order valence-electron chi connectivity index (χ0n) is 50.8. The first-order valence-corrected chi connectivity index (χ1v) is 33.5. The van der Waals surface area contributed by atoms with Gasteiger partial charge in [-0.1, -0.05) is 324 Å². The lowest BCUT2D eigenvalue weighted by Gasteiger charge is -2.15. The van der Waals surface area contributed by atoms with E-state index >= 15 is 0 Å². The summed E-state index contributed by atoms with van der Waals surface area (Å²) in [7, 11) is 0. The standard InChI is InChI=1S/C71H128O5/c1-3-5-7-9-11-13-15-17-19-21-23-25-27-29-31-32-33-34-35-36-37-38-40-41-43-45-47-49-51-53-55-57-59-61-63-65-70(73)75-68-69(67-72)76-71(74)66-64-62-60-58-56-54-52-50-48-46-44-42-39-30-28-26-24-22-20-18-16-14-12-10-8-6-4-2/h6,8,12,14-15,17-18,20-21,23-24,26,69,72H,3-5,7,9-11,13,16,19,22,25,27-68H2,1-2H3/b8-6-,14-12-,17-15-,20-18-,23-21-,26-24-. The van der Waals surface area contributed by atoms with E-state index in [2.05, 4.69) is 86.8 Å². The molecule has 0 heterocycles. The van der Waals surface area contributed by atoms with E-state index in [0.717, 1.165) is 70.6 Å². The highest BCUT2D eigenvalue weighted by molar-refractivity contribution is 5.70. The number of allylic oxidation sites excluding steroid dienone is 12. The maximum atomic E-state index is 12.3. The molecular weight excluding hydrogens is 933 g/mol. The highest BCUT2D eigenvalue weighted by Gasteiger charge is 2.16. The van der Waals surface area contributed by atoms with Crippen LogP contribution < -0.4 is 0 Å². The van der Waals surface area contributed by atoms with E-state index in [1.54, 1.807) is 0 Å². The third-order valence-corrected chi connectivity index (χ3v) is 15.0. The molecule has 0 aliphatic rings. The molecule has 0 radical (unpaired) electrons. The first-order chi connectivity index (χ1) is 37.6. The van der Waals surface area contributed by atoms with Crippen molar-refractivity contribution in [2.75, 3.05) is 13.2 Å². The van der Waals surface area contributed by atoms with Crippen LogP contribution in [0.1, 0.15) is 348 Å². The molecule has 0 rings (SSSR count). The van der Waals surface area contributed by atoms with Gasteiger partial charge in [-0.25, -0.2) is 0 Å². The summed E-state index contributed by atoms with van der Waals surface area (Å²) < 4.78 is 10.8. The Kier molecular flexibility index (Phi) is 64.3. The first kappa shape index (κ1) is 73.3. The lowest BCUT2D eigenvalue weighted by atomic mass is 10.0. The molecular formula is C71H128O5. The van der Waals surface area contributed by atoms with E-state index in [0.29, 0.717) is 12.8 Å². The Labute approximate surface area is 473 Å². The molecule has 442 valence electrons. The second kappa shape index (κ2) is 66.6. The first-order valence-electron chi connectivity index (χ1n) is 33.5. The number of hydrogen-bond acceptors (Lipinski definition) is 5. The average molecular weight is 1060 g/mol. The number of unbranched alkanes of at least 4 members (excludes halogenated alkanes) is 42. The van der Waals surface area contributed by atoms with Crippen LogP contribution >= 0.6 is 0 Å². The van der Waals surface area contributed by atoms with Gasteiger partial charge in [0.1, 0.15) is 6.61 Å². The van der Waals surface area contributed by atoms with Crippen molar-refractivity contribution in [3.8, 4) is 0 Å². The maximum Gasteiger partial charge on any atom is 0.306 e. The smallest absolute Gasteiger partial charge is 0.306 e. The van der Waals surface area contributed by atoms with Crippen molar-refractivity contribution in [3.63, 3.8) is 0 Å². The molecule has 0 aromatic carbocycles. The van der Waals surface area contributed by atoms with Gasteiger partial charge in [0.25, 0.3) is 0 Å². The van der Waals surface area contributed by atoms with E-state index in [9.17, 15) is 14.7 Å². The summed E-state index contributed by atoms with van der Waals surface area (Å²) in [4.78, 5) is 24.6. The van der Waals surface area contributed by atoms with Crippen molar-refractivity contribution in [1.29, 1.82) is 0 Å². The summed E-state index contributed by atoms with van der Waals surface area (Å²) in [6, 6.07) is 0. The fraction of sp³-hybridized carbons (Fsp3) is 0.803. The van der Waals surface area contributed by atoms with E-state index in [4.69, 9.17) is 9.47 Å². The van der Waals surface area contributed by atoms with E-state index in [-0.39, 0.29) is 25.2 Å². The van der Waals surface area contributed by atoms with E-state index < -0.39 is 6.10 Å². The number of carbonyl (C=O) groups is 2. The third-order valence-electron chi connectivity index (χ3n) is 15.0. The van der Waals surface area contributed by atoms with Crippen LogP contribution in [0.5, 0.6) is 0 Å². The zero-order chi connectivity index (χ0) is 54.8. The number of ether oxygens (including phenoxy) is 2. The van der Waals surface area contributed by atoms with E-state index in [1.165, 1.54) is 250 Å². The molecule has 0 aliphatic carbocycles. The molecule has 5 heteroatoms. The summed E-state index contributed by atoms with van der Waals surface area (Å²) in [6.07, 6.45) is 92.1. The van der Waals surface area contributed by atoms with Crippen LogP contribution in [0.2, 0.25) is 0 Å². The maximum absolute atomic E-state index is 12.3. The summed E-state index contributed by atoms with van der Waals surface area (Å²) in [5.74, 6) is -0.575. The van der Waals surface area contributed by atoms with Crippen molar-refractivity contribution in [2.24, 2.45) is 0 Å². The van der Waals surface area contributed by atoms with Crippen LogP contribution in [0.4, 0.5) is 0 Å². The molecule has 0 saturated carbocycles. The zero-order valence-corrected chi connectivity index (χ0v) is 50.8. The molecule has 1 unspecified atom stereocenters. The van der Waals surface area contributed by atoms with Gasteiger partial charge in [0.05, 0.1) is 6.61 Å². The monoisotopic (exact) mass is 1060 g/mol. The van der Waals surface area contributed by atoms with Gasteiger partial charge in [-0.05, 0) is 83.5 Å². The average Bonchev–Trinajstić information content (AvgIpc) is 3.42. The lowest BCUT2D eigenvalue weighted by Crippen LogP contribution is -2.28. The second-order valence-corrected chi connectivity index (χ2v) is 22.5. The van der Waals surface area contributed by atoms with Gasteiger partial charge in [-0.3, -0.25) is 9.59 Å². The summed E-state index contributed by atoms with van der Waals surface area (Å²) in [5, 5.41) is 9.69. The summed E-state index contributed by atoms with van der Waals surface area (Å²) in [6.45, 7) is 4.06. The number of rotatable bonds is 62. The molecule has 0 aromatic rings. The quantitative estimate of drug-likeness (QED) is 0.0373. The summed E-state index contributed by atoms with van der Waals surface area (Å²) >= 11 is 0. The van der Waals surface area contributed by atoms with Crippen LogP contribution in [0.15, 0.2) is 72.9 Å². The number of hydrogen-bond donors (Lipinski definition) is 1. The fourth-order valence-corrected chi connectivity index (χ4v) is 9.99. The van der Waals surface area contributed by atoms with Gasteiger partial charge in [-0.15, -0.1) is 0 Å². The molecule has 0 spiro atoms. The Bertz CT molecular complexity index is 1340. The van der Waals surface area contributed by atoms with Gasteiger partial charge in [0.15, 0.2) is 6.10 Å². The van der Waals surface area contributed by atoms with Gasteiger partial charge in [0.2, 0.25) is 0 Å². The number of aliphatic hydroxyl groups excluding tert-OH is 1. The molecule has 0 bridgehead atoms. The normalized spacial score (nSPS) is 12.6. The second-order valence-electron chi connectivity index (χ2n) is 22.5. The molecule has 76 heavy (non-hydrogen) atoms. The molecule has 1 N–H and O–H groups in total. The third kappa shape index (κ3) is 63.9. The number of esters is 2. The Morgan fingerprint density at radius 1 is 0.316 bits per heavy atom.